The van der Waals surface area contributed by atoms with E-state index in [4.69, 9.17) is 16.1 Å². The Bertz CT molecular complexity index is 679. The Morgan fingerprint density at radius 3 is 2.86 bits per heavy atom. The number of carbonyl (C=O) groups excluding carboxylic acids is 1. The average molecular weight is 323 g/mol. The minimum atomic E-state index is -0.147. The van der Waals surface area contributed by atoms with Crippen LogP contribution in [0, 0.1) is 6.92 Å². The number of amides is 1. The van der Waals surface area contributed by atoms with E-state index in [1.54, 1.807) is 17.9 Å². The van der Waals surface area contributed by atoms with Gasteiger partial charge in [-0.3, -0.25) is 9.48 Å². The largest absolute Gasteiger partial charge is 0.359 e. The van der Waals surface area contributed by atoms with Crippen molar-refractivity contribution in [3.8, 4) is 0 Å². The molecule has 0 saturated carbocycles. The van der Waals surface area contributed by atoms with Crippen LogP contribution in [0.5, 0.6) is 0 Å². The fourth-order valence-corrected chi connectivity index (χ4v) is 3.19. The van der Waals surface area contributed by atoms with Crippen molar-refractivity contribution in [3.63, 3.8) is 0 Å². The molecule has 2 aromatic heterocycles. The third-order valence-electron chi connectivity index (χ3n) is 3.97. The number of rotatable bonds is 2. The molecule has 0 radical (unpaired) electrons. The van der Waals surface area contributed by atoms with Gasteiger partial charge in [-0.2, -0.15) is 5.10 Å². The number of nitrogens with zero attached hydrogens (tertiary/aromatic N) is 4. The number of hydrogen-bond acceptors (Lipinski definition) is 4. The summed E-state index contributed by atoms with van der Waals surface area (Å²) in [6.07, 6.45) is 5.64. The van der Waals surface area contributed by atoms with E-state index in [0.717, 1.165) is 37.1 Å². The first-order valence-electron chi connectivity index (χ1n) is 7.49. The van der Waals surface area contributed by atoms with E-state index < -0.39 is 0 Å². The number of hydrogen-bond donors (Lipinski definition) is 0. The molecule has 3 heterocycles. The third kappa shape index (κ3) is 2.88. The lowest BCUT2D eigenvalue weighted by Gasteiger charge is -2.27. The molecular weight excluding hydrogens is 304 g/mol. The van der Waals surface area contributed by atoms with Crippen molar-refractivity contribution in [1.82, 2.24) is 19.8 Å². The molecule has 1 fully saturated rings. The van der Waals surface area contributed by atoms with Crippen LogP contribution in [-0.2, 0) is 7.05 Å². The zero-order valence-corrected chi connectivity index (χ0v) is 13.5. The molecule has 1 atom stereocenters. The molecule has 0 bridgehead atoms. The highest BCUT2D eigenvalue weighted by Gasteiger charge is 2.32. The van der Waals surface area contributed by atoms with Crippen LogP contribution in [-0.4, -0.2) is 32.3 Å². The van der Waals surface area contributed by atoms with Gasteiger partial charge < -0.3 is 9.42 Å². The number of aromatic nitrogens is 3. The second-order valence-corrected chi connectivity index (χ2v) is 6.14. The molecule has 1 aliphatic heterocycles. The highest BCUT2D eigenvalue weighted by molar-refractivity contribution is 6.33. The van der Waals surface area contributed by atoms with Gasteiger partial charge in [0.1, 0.15) is 0 Å². The molecule has 7 heteroatoms. The van der Waals surface area contributed by atoms with Gasteiger partial charge in [0.25, 0.3) is 5.91 Å². The number of halogens is 1. The summed E-state index contributed by atoms with van der Waals surface area (Å²) < 4.78 is 6.97. The van der Waals surface area contributed by atoms with Gasteiger partial charge in [0.2, 0.25) is 0 Å². The smallest absolute Gasteiger partial charge is 0.276 e. The molecule has 1 saturated heterocycles. The normalized spacial score (nSPS) is 19.2. The fraction of sp³-hybridized carbons (Fsp3) is 0.533. The Hall–Kier alpha value is -1.82. The van der Waals surface area contributed by atoms with Crippen molar-refractivity contribution in [3.05, 3.63) is 34.4 Å². The summed E-state index contributed by atoms with van der Waals surface area (Å²) in [5, 5.41) is 8.53. The quantitative estimate of drug-likeness (QED) is 0.852. The van der Waals surface area contributed by atoms with E-state index >= 15 is 0 Å². The summed E-state index contributed by atoms with van der Waals surface area (Å²) in [5.41, 5.74) is 1.12. The molecular formula is C15H19ClN4O2. The van der Waals surface area contributed by atoms with Crippen molar-refractivity contribution in [2.24, 2.45) is 7.05 Å². The van der Waals surface area contributed by atoms with Gasteiger partial charge >= 0.3 is 0 Å². The van der Waals surface area contributed by atoms with Gasteiger partial charge in [-0.15, -0.1) is 0 Å². The summed E-state index contributed by atoms with van der Waals surface area (Å²) >= 11 is 6.13. The third-order valence-corrected chi connectivity index (χ3v) is 4.25. The van der Waals surface area contributed by atoms with Crippen LogP contribution in [0.15, 0.2) is 16.8 Å². The van der Waals surface area contributed by atoms with Gasteiger partial charge in [0.15, 0.2) is 11.5 Å². The number of aryl methyl sites for hydroxylation is 2. The second kappa shape index (κ2) is 6.12. The predicted molar refractivity (Wildman–Crippen MR) is 81.7 cm³/mol. The van der Waals surface area contributed by atoms with Crippen LogP contribution in [0.2, 0.25) is 5.02 Å². The van der Waals surface area contributed by atoms with Gasteiger partial charge in [-0.25, -0.2) is 0 Å². The van der Waals surface area contributed by atoms with Gasteiger partial charge in [0.05, 0.1) is 16.8 Å². The van der Waals surface area contributed by atoms with Crippen molar-refractivity contribution < 1.29 is 9.32 Å². The lowest BCUT2D eigenvalue weighted by Crippen LogP contribution is -2.35. The van der Waals surface area contributed by atoms with Gasteiger partial charge in [-0.1, -0.05) is 29.6 Å². The summed E-state index contributed by atoms with van der Waals surface area (Å²) in [6, 6.07) is 1.80. The Kier molecular flexibility index (Phi) is 4.20. The number of likely N-dealkylation sites (tertiary alicyclic amines) is 1. The topological polar surface area (TPSA) is 64.2 Å². The van der Waals surface area contributed by atoms with Crippen LogP contribution < -0.4 is 0 Å². The van der Waals surface area contributed by atoms with Crippen molar-refractivity contribution >= 4 is 17.5 Å². The average Bonchev–Trinajstić information content (AvgIpc) is 2.95. The molecule has 6 nitrogen and oxygen atoms in total. The number of carbonyl (C=O) groups is 1. The summed E-state index contributed by atoms with van der Waals surface area (Å²) in [4.78, 5) is 14.7. The monoisotopic (exact) mass is 322 g/mol. The van der Waals surface area contributed by atoms with E-state index in [0.29, 0.717) is 17.3 Å². The summed E-state index contributed by atoms with van der Waals surface area (Å²) in [7, 11) is 1.75. The van der Waals surface area contributed by atoms with E-state index in [-0.39, 0.29) is 11.9 Å². The van der Waals surface area contributed by atoms with Crippen LogP contribution in [0.25, 0.3) is 0 Å². The molecule has 118 valence electrons. The van der Waals surface area contributed by atoms with E-state index in [9.17, 15) is 4.79 Å². The lowest BCUT2D eigenvalue weighted by molar-refractivity contribution is 0.0644. The maximum atomic E-state index is 12.9. The summed E-state index contributed by atoms with van der Waals surface area (Å²) in [6.45, 7) is 2.56. The molecule has 1 aliphatic rings. The molecule has 0 unspecified atom stereocenters. The second-order valence-electron chi connectivity index (χ2n) is 5.73. The molecule has 1 amide bonds. The Balaban J connectivity index is 1.93. The SMILES string of the molecule is Cc1cc([C@H]2CCCCCN2C(=O)c2nn(C)cc2Cl)on1. The molecule has 0 aliphatic carbocycles. The molecule has 22 heavy (non-hydrogen) atoms. The minimum absolute atomic E-state index is 0.103. The Morgan fingerprint density at radius 2 is 2.23 bits per heavy atom. The molecule has 3 rings (SSSR count). The van der Waals surface area contributed by atoms with Gasteiger partial charge in [-0.05, 0) is 19.8 Å². The zero-order valence-electron chi connectivity index (χ0n) is 12.8. The highest BCUT2D eigenvalue weighted by atomic mass is 35.5. The van der Waals surface area contributed by atoms with Crippen molar-refractivity contribution in [2.45, 2.75) is 38.6 Å². The fourth-order valence-electron chi connectivity index (χ4n) is 2.93. The lowest BCUT2D eigenvalue weighted by atomic mass is 10.1. The van der Waals surface area contributed by atoms with E-state index in [1.807, 2.05) is 17.9 Å². The molecule has 0 aromatic carbocycles. The minimum Gasteiger partial charge on any atom is -0.359 e. The standard InChI is InChI=1S/C15H19ClN4O2/c1-10-8-13(22-18-10)12-6-4-3-5-7-20(12)15(21)14-11(16)9-19(2)17-14/h8-9,12H,3-7H2,1-2H3/t12-/m1/s1. The van der Waals surface area contributed by atoms with Crippen molar-refractivity contribution in [1.29, 1.82) is 0 Å². The first-order valence-corrected chi connectivity index (χ1v) is 7.87. The van der Waals surface area contributed by atoms with Crippen molar-refractivity contribution in [2.75, 3.05) is 6.54 Å². The zero-order chi connectivity index (χ0) is 15.7. The van der Waals surface area contributed by atoms with Crippen LogP contribution >= 0.6 is 11.6 Å². The van der Waals surface area contributed by atoms with Crippen LogP contribution in [0.4, 0.5) is 0 Å². The first kappa shape index (κ1) is 15.1. The van der Waals surface area contributed by atoms with E-state index in [1.165, 1.54) is 0 Å². The van der Waals surface area contributed by atoms with Gasteiger partial charge in [0, 0.05) is 25.9 Å². The predicted octanol–water partition coefficient (Wildman–Crippen LogP) is 3.13. The summed E-state index contributed by atoms with van der Waals surface area (Å²) in [5.74, 6) is 0.589. The maximum absolute atomic E-state index is 12.9. The van der Waals surface area contributed by atoms with E-state index in [2.05, 4.69) is 10.3 Å². The first-order chi connectivity index (χ1) is 10.6. The molecule has 2 aromatic rings. The highest BCUT2D eigenvalue weighted by Crippen LogP contribution is 2.32. The molecule has 0 N–H and O–H groups in total. The Labute approximate surface area is 134 Å². The molecule has 0 spiro atoms. The maximum Gasteiger partial charge on any atom is 0.276 e. The Morgan fingerprint density at radius 1 is 1.41 bits per heavy atom. The van der Waals surface area contributed by atoms with Crippen LogP contribution in [0.1, 0.15) is 53.7 Å². The van der Waals surface area contributed by atoms with Crippen LogP contribution in [0.3, 0.4) is 0 Å².